The minimum Gasteiger partial charge on any atom is -0.310 e. The first-order valence-corrected chi connectivity index (χ1v) is 7.97. The van der Waals surface area contributed by atoms with E-state index in [1.54, 1.807) is 0 Å². The summed E-state index contributed by atoms with van der Waals surface area (Å²) in [5.74, 6) is 0. The van der Waals surface area contributed by atoms with Gasteiger partial charge in [-0.3, -0.25) is 0 Å². The molecule has 0 aliphatic carbocycles. The summed E-state index contributed by atoms with van der Waals surface area (Å²) in [6.45, 7) is 7.61. The van der Waals surface area contributed by atoms with Crippen LogP contribution in [0.15, 0.2) is 22.7 Å². The SMILES string of the molecule is CCCCCCC(NCC)c1ccc(C)c(Br)c1. The standard InChI is InChI=1S/C16H26BrN/c1-4-6-7-8-9-16(18-5-2)14-11-10-13(3)15(17)12-14/h10-12,16,18H,4-9H2,1-3H3. The minimum absolute atomic E-state index is 0.503. The van der Waals surface area contributed by atoms with Gasteiger partial charge in [-0.05, 0) is 37.1 Å². The Kier molecular flexibility index (Phi) is 7.60. The van der Waals surface area contributed by atoms with Crippen LogP contribution in [0.4, 0.5) is 0 Å². The molecule has 1 atom stereocenters. The lowest BCUT2D eigenvalue weighted by molar-refractivity contribution is 0.481. The fraction of sp³-hybridized carbons (Fsp3) is 0.625. The molecule has 0 saturated carbocycles. The van der Waals surface area contributed by atoms with Gasteiger partial charge in [-0.15, -0.1) is 0 Å². The third-order valence-electron chi connectivity index (χ3n) is 3.40. The summed E-state index contributed by atoms with van der Waals surface area (Å²) in [5.41, 5.74) is 2.71. The molecule has 0 fully saturated rings. The number of hydrogen-bond donors (Lipinski definition) is 1. The molecule has 0 saturated heterocycles. The zero-order valence-electron chi connectivity index (χ0n) is 11.9. The molecular weight excluding hydrogens is 286 g/mol. The van der Waals surface area contributed by atoms with Crippen molar-refractivity contribution in [3.05, 3.63) is 33.8 Å². The van der Waals surface area contributed by atoms with Crippen LogP contribution < -0.4 is 5.32 Å². The maximum atomic E-state index is 3.63. The number of unbranched alkanes of at least 4 members (excludes halogenated alkanes) is 3. The second-order valence-corrected chi connectivity index (χ2v) is 5.82. The van der Waals surface area contributed by atoms with Crippen LogP contribution in [0.25, 0.3) is 0 Å². The maximum Gasteiger partial charge on any atom is 0.0320 e. The molecule has 1 unspecified atom stereocenters. The van der Waals surface area contributed by atoms with Gasteiger partial charge < -0.3 is 5.32 Å². The Hall–Kier alpha value is -0.340. The Balaban J connectivity index is 2.61. The lowest BCUT2D eigenvalue weighted by Gasteiger charge is -2.19. The predicted molar refractivity (Wildman–Crippen MR) is 84.1 cm³/mol. The zero-order chi connectivity index (χ0) is 13.4. The Bertz CT molecular complexity index is 349. The van der Waals surface area contributed by atoms with Crippen LogP contribution in [-0.2, 0) is 0 Å². The van der Waals surface area contributed by atoms with Gasteiger partial charge in [-0.1, -0.05) is 67.6 Å². The van der Waals surface area contributed by atoms with Crippen LogP contribution >= 0.6 is 15.9 Å². The maximum absolute atomic E-state index is 3.63. The average molecular weight is 312 g/mol. The van der Waals surface area contributed by atoms with Crippen LogP contribution in [0.2, 0.25) is 0 Å². The summed E-state index contributed by atoms with van der Waals surface area (Å²) >= 11 is 3.63. The van der Waals surface area contributed by atoms with E-state index in [1.807, 2.05) is 0 Å². The van der Waals surface area contributed by atoms with Crippen molar-refractivity contribution in [1.82, 2.24) is 5.32 Å². The van der Waals surface area contributed by atoms with Gasteiger partial charge in [0, 0.05) is 10.5 Å². The molecule has 0 amide bonds. The first-order chi connectivity index (χ1) is 8.69. The molecule has 0 radical (unpaired) electrons. The molecule has 1 aromatic carbocycles. The van der Waals surface area contributed by atoms with E-state index in [2.05, 4.69) is 60.2 Å². The normalized spacial score (nSPS) is 12.7. The fourth-order valence-electron chi connectivity index (χ4n) is 2.23. The first-order valence-electron chi connectivity index (χ1n) is 7.18. The highest BCUT2D eigenvalue weighted by molar-refractivity contribution is 9.10. The molecular formula is C16H26BrN. The molecule has 1 aromatic rings. The molecule has 102 valence electrons. The van der Waals surface area contributed by atoms with Crippen LogP contribution in [0.3, 0.4) is 0 Å². The van der Waals surface area contributed by atoms with Gasteiger partial charge in [0.2, 0.25) is 0 Å². The van der Waals surface area contributed by atoms with Crippen molar-refractivity contribution in [3.63, 3.8) is 0 Å². The minimum atomic E-state index is 0.503. The van der Waals surface area contributed by atoms with Gasteiger partial charge in [-0.2, -0.15) is 0 Å². The van der Waals surface area contributed by atoms with E-state index in [-0.39, 0.29) is 0 Å². The van der Waals surface area contributed by atoms with Crippen LogP contribution in [0.1, 0.15) is 63.1 Å². The third kappa shape index (κ3) is 5.11. The van der Waals surface area contributed by atoms with Crippen molar-refractivity contribution in [2.24, 2.45) is 0 Å². The third-order valence-corrected chi connectivity index (χ3v) is 4.25. The second-order valence-electron chi connectivity index (χ2n) is 4.97. The van der Waals surface area contributed by atoms with Crippen molar-refractivity contribution in [2.75, 3.05) is 6.54 Å². The smallest absolute Gasteiger partial charge is 0.0320 e. The number of halogens is 1. The molecule has 1 nitrogen and oxygen atoms in total. The Labute approximate surface area is 120 Å². The summed E-state index contributed by atoms with van der Waals surface area (Å²) in [7, 11) is 0. The number of rotatable bonds is 8. The van der Waals surface area contributed by atoms with Crippen LogP contribution in [-0.4, -0.2) is 6.54 Å². The summed E-state index contributed by atoms with van der Waals surface area (Å²) in [4.78, 5) is 0. The Morgan fingerprint density at radius 2 is 1.94 bits per heavy atom. The van der Waals surface area contributed by atoms with Gasteiger partial charge >= 0.3 is 0 Å². The largest absolute Gasteiger partial charge is 0.310 e. The fourth-order valence-corrected chi connectivity index (χ4v) is 2.63. The van der Waals surface area contributed by atoms with E-state index >= 15 is 0 Å². The van der Waals surface area contributed by atoms with Gasteiger partial charge in [0.25, 0.3) is 0 Å². The number of benzene rings is 1. The summed E-state index contributed by atoms with van der Waals surface area (Å²) < 4.78 is 1.22. The molecule has 0 aromatic heterocycles. The molecule has 0 bridgehead atoms. The van der Waals surface area contributed by atoms with Gasteiger partial charge in [0.15, 0.2) is 0 Å². The summed E-state index contributed by atoms with van der Waals surface area (Å²) in [6.07, 6.45) is 6.57. The highest BCUT2D eigenvalue weighted by atomic mass is 79.9. The molecule has 0 aliphatic heterocycles. The van der Waals surface area contributed by atoms with Crippen molar-refractivity contribution in [3.8, 4) is 0 Å². The van der Waals surface area contributed by atoms with Crippen molar-refractivity contribution in [2.45, 2.75) is 58.9 Å². The zero-order valence-corrected chi connectivity index (χ0v) is 13.5. The topological polar surface area (TPSA) is 12.0 Å². The lowest BCUT2D eigenvalue weighted by Crippen LogP contribution is -2.20. The van der Waals surface area contributed by atoms with Crippen LogP contribution in [0, 0.1) is 6.92 Å². The van der Waals surface area contributed by atoms with E-state index < -0.39 is 0 Å². The van der Waals surface area contributed by atoms with E-state index in [1.165, 1.54) is 47.7 Å². The number of aryl methyl sites for hydroxylation is 1. The molecule has 1 rings (SSSR count). The van der Waals surface area contributed by atoms with Crippen molar-refractivity contribution >= 4 is 15.9 Å². The van der Waals surface area contributed by atoms with E-state index in [4.69, 9.17) is 0 Å². The quantitative estimate of drug-likeness (QED) is 0.636. The van der Waals surface area contributed by atoms with Gasteiger partial charge in [-0.25, -0.2) is 0 Å². The highest BCUT2D eigenvalue weighted by Gasteiger charge is 2.10. The van der Waals surface area contributed by atoms with Crippen molar-refractivity contribution < 1.29 is 0 Å². The van der Waals surface area contributed by atoms with E-state index in [0.717, 1.165) is 6.54 Å². The first kappa shape index (κ1) is 15.7. The molecule has 0 heterocycles. The molecule has 2 heteroatoms. The Morgan fingerprint density at radius 1 is 1.17 bits per heavy atom. The van der Waals surface area contributed by atoms with Crippen LogP contribution in [0.5, 0.6) is 0 Å². The van der Waals surface area contributed by atoms with Crippen molar-refractivity contribution in [1.29, 1.82) is 0 Å². The molecule has 0 spiro atoms. The molecule has 18 heavy (non-hydrogen) atoms. The second kappa shape index (κ2) is 8.71. The highest BCUT2D eigenvalue weighted by Crippen LogP contribution is 2.25. The predicted octanol–water partition coefficient (Wildman–Crippen LogP) is 5.38. The lowest BCUT2D eigenvalue weighted by atomic mass is 9.99. The van der Waals surface area contributed by atoms with Gasteiger partial charge in [0.05, 0.1) is 0 Å². The monoisotopic (exact) mass is 311 g/mol. The number of hydrogen-bond acceptors (Lipinski definition) is 1. The number of nitrogens with one attached hydrogen (secondary N) is 1. The Morgan fingerprint density at radius 3 is 2.56 bits per heavy atom. The molecule has 0 aliphatic rings. The molecule has 1 N–H and O–H groups in total. The average Bonchev–Trinajstić information content (AvgIpc) is 2.37. The van der Waals surface area contributed by atoms with E-state index in [9.17, 15) is 0 Å². The van der Waals surface area contributed by atoms with Gasteiger partial charge in [0.1, 0.15) is 0 Å². The van der Waals surface area contributed by atoms with E-state index in [0.29, 0.717) is 6.04 Å². The summed E-state index contributed by atoms with van der Waals surface area (Å²) in [5, 5.41) is 3.60. The summed E-state index contributed by atoms with van der Waals surface area (Å²) in [6, 6.07) is 7.23.